The number of esters is 1. The lowest BCUT2D eigenvalue weighted by Gasteiger charge is -2.54. The van der Waals surface area contributed by atoms with Crippen LogP contribution in [0, 0.1) is 17.3 Å². The van der Waals surface area contributed by atoms with Gasteiger partial charge in [0.1, 0.15) is 35.6 Å². The Balaban J connectivity index is 1.76. The van der Waals surface area contributed by atoms with E-state index < -0.39 is 46.8 Å². The molecule has 3 saturated heterocycles. The van der Waals surface area contributed by atoms with Crippen LogP contribution < -0.4 is 0 Å². The zero-order valence-electron chi connectivity index (χ0n) is 11.9. The fourth-order valence-electron chi connectivity index (χ4n) is 5.49. The van der Waals surface area contributed by atoms with E-state index in [2.05, 4.69) is 6.58 Å². The van der Waals surface area contributed by atoms with Crippen LogP contribution in [0.4, 0.5) is 0 Å². The molecule has 6 nitrogen and oxygen atoms in total. The molecular weight excluding hydrogens is 276 g/mol. The van der Waals surface area contributed by atoms with Crippen LogP contribution >= 0.6 is 0 Å². The molecule has 0 radical (unpaired) electrons. The zero-order chi connectivity index (χ0) is 14.9. The summed E-state index contributed by atoms with van der Waals surface area (Å²) in [6.07, 6.45) is -2.37. The molecule has 9 atom stereocenters. The Morgan fingerprint density at radius 3 is 2.67 bits per heavy atom. The molecule has 6 heteroatoms. The number of carbonyl (C=O) groups is 1. The van der Waals surface area contributed by atoms with Crippen LogP contribution in [0.15, 0.2) is 12.2 Å². The number of fused-ring (bicyclic) bond motifs is 8. The van der Waals surface area contributed by atoms with Crippen molar-refractivity contribution in [2.75, 3.05) is 6.61 Å². The van der Waals surface area contributed by atoms with Crippen molar-refractivity contribution >= 4 is 5.97 Å². The summed E-state index contributed by atoms with van der Waals surface area (Å²) in [6, 6.07) is 0. The van der Waals surface area contributed by atoms with E-state index in [1.54, 1.807) is 13.8 Å². The molecule has 21 heavy (non-hydrogen) atoms. The molecule has 0 aromatic heterocycles. The lowest BCUT2D eigenvalue weighted by Crippen LogP contribution is -2.70. The summed E-state index contributed by atoms with van der Waals surface area (Å²) in [7, 11) is 0. The van der Waals surface area contributed by atoms with Gasteiger partial charge in [-0.25, -0.2) is 0 Å². The third-order valence-corrected chi connectivity index (χ3v) is 6.72. The van der Waals surface area contributed by atoms with Gasteiger partial charge in [0.15, 0.2) is 0 Å². The molecule has 3 aliphatic heterocycles. The molecule has 0 unspecified atom stereocenters. The van der Waals surface area contributed by atoms with Gasteiger partial charge in [-0.3, -0.25) is 4.79 Å². The minimum Gasteiger partial charge on any atom is -0.459 e. The van der Waals surface area contributed by atoms with Crippen molar-refractivity contribution in [1.29, 1.82) is 0 Å². The monoisotopic (exact) mass is 294 g/mol. The fraction of sp³-hybridized carbons (Fsp3) is 0.800. The summed E-state index contributed by atoms with van der Waals surface area (Å²) >= 11 is 0. The Hall–Kier alpha value is -0.950. The van der Waals surface area contributed by atoms with Gasteiger partial charge in [-0.15, -0.1) is 0 Å². The molecule has 2 bridgehead atoms. The van der Waals surface area contributed by atoms with Crippen molar-refractivity contribution in [2.24, 2.45) is 17.3 Å². The second-order valence-electron chi connectivity index (χ2n) is 7.38. The van der Waals surface area contributed by atoms with Crippen LogP contribution in [0.3, 0.4) is 0 Å². The Bertz CT molecular complexity index is 597. The highest BCUT2D eigenvalue weighted by molar-refractivity contribution is 5.80. The van der Waals surface area contributed by atoms with Crippen LogP contribution in [0.5, 0.6) is 0 Å². The maximum atomic E-state index is 12.4. The lowest BCUT2D eigenvalue weighted by atomic mass is 9.52. The highest BCUT2D eigenvalue weighted by Gasteiger charge is 2.94. The van der Waals surface area contributed by atoms with E-state index in [4.69, 9.17) is 14.2 Å². The summed E-state index contributed by atoms with van der Waals surface area (Å²) in [4.78, 5) is 12.4. The minimum absolute atomic E-state index is 0.236. The van der Waals surface area contributed by atoms with Crippen LogP contribution in [0.2, 0.25) is 0 Å². The molecule has 3 heterocycles. The number of aliphatic hydroxyl groups excluding tert-OH is 1. The maximum absolute atomic E-state index is 12.4. The van der Waals surface area contributed by atoms with Gasteiger partial charge in [-0.1, -0.05) is 19.1 Å². The van der Waals surface area contributed by atoms with Crippen LogP contribution in [0.1, 0.15) is 13.8 Å². The lowest BCUT2D eigenvalue weighted by molar-refractivity contribution is -0.232. The summed E-state index contributed by atoms with van der Waals surface area (Å²) in [5.41, 5.74) is -2.38. The number of hydrogen-bond acceptors (Lipinski definition) is 6. The van der Waals surface area contributed by atoms with E-state index in [0.717, 1.165) is 5.57 Å². The van der Waals surface area contributed by atoms with Gasteiger partial charge in [0.25, 0.3) is 0 Å². The molecule has 2 N–H and O–H groups in total. The average molecular weight is 294 g/mol. The Kier molecular flexibility index (Phi) is 1.83. The molecule has 0 amide bonds. The predicted octanol–water partition coefficient (Wildman–Crippen LogP) is -0.618. The van der Waals surface area contributed by atoms with Crippen LogP contribution in [-0.2, 0) is 19.0 Å². The Labute approximate surface area is 121 Å². The number of carbonyl (C=O) groups excluding carboxylic acids is 1. The first-order valence-electron chi connectivity index (χ1n) is 7.36. The molecule has 0 aromatic rings. The van der Waals surface area contributed by atoms with E-state index in [1.807, 2.05) is 0 Å². The fourth-order valence-corrected chi connectivity index (χ4v) is 5.49. The second kappa shape index (κ2) is 3.06. The number of aliphatic hydroxyl groups is 2. The van der Waals surface area contributed by atoms with E-state index in [-0.39, 0.29) is 12.0 Å². The quantitative estimate of drug-likeness (QED) is 0.380. The molecule has 0 aromatic carbocycles. The van der Waals surface area contributed by atoms with E-state index in [0.29, 0.717) is 6.61 Å². The molecule has 114 valence electrons. The van der Waals surface area contributed by atoms with E-state index in [9.17, 15) is 15.0 Å². The SMILES string of the molecule is C=C(C)[C@H]1[C@H]2OC(=O)[C@@H]1[C@@]1(O)[C@H]3O[C@H]3[C@@]3(CO3)[C@@]1(C)[C@H]2O. The van der Waals surface area contributed by atoms with Crippen LogP contribution in [0.25, 0.3) is 0 Å². The maximum Gasteiger partial charge on any atom is 0.313 e. The second-order valence-corrected chi connectivity index (χ2v) is 7.38. The predicted molar refractivity (Wildman–Crippen MR) is 68.1 cm³/mol. The normalized spacial score (nSPS) is 65.8. The van der Waals surface area contributed by atoms with Gasteiger partial charge in [0, 0.05) is 5.92 Å². The smallest absolute Gasteiger partial charge is 0.313 e. The van der Waals surface area contributed by atoms with Gasteiger partial charge in [-0.05, 0) is 6.92 Å². The minimum atomic E-state index is -1.47. The van der Waals surface area contributed by atoms with Crippen molar-refractivity contribution in [2.45, 2.75) is 49.5 Å². The van der Waals surface area contributed by atoms with Gasteiger partial charge >= 0.3 is 5.97 Å². The average Bonchev–Trinajstić information content (AvgIpc) is 3.27. The topological polar surface area (TPSA) is 91.8 Å². The zero-order valence-corrected chi connectivity index (χ0v) is 11.9. The summed E-state index contributed by atoms with van der Waals surface area (Å²) in [5, 5.41) is 22.4. The van der Waals surface area contributed by atoms with Gasteiger partial charge in [-0.2, -0.15) is 0 Å². The van der Waals surface area contributed by atoms with Crippen LogP contribution in [-0.4, -0.2) is 58.4 Å². The first-order valence-corrected chi connectivity index (χ1v) is 7.36. The molecule has 2 saturated carbocycles. The van der Waals surface area contributed by atoms with Gasteiger partial charge in [0.05, 0.1) is 17.9 Å². The highest BCUT2D eigenvalue weighted by atomic mass is 16.7. The number of epoxide rings is 2. The van der Waals surface area contributed by atoms with E-state index in [1.165, 1.54) is 0 Å². The summed E-state index contributed by atoms with van der Waals surface area (Å²) in [6.45, 7) is 7.96. The van der Waals surface area contributed by atoms with Crippen molar-refractivity contribution in [1.82, 2.24) is 0 Å². The largest absolute Gasteiger partial charge is 0.459 e. The van der Waals surface area contributed by atoms with Crippen molar-refractivity contribution in [3.05, 3.63) is 12.2 Å². The molecule has 5 rings (SSSR count). The number of hydrogen-bond donors (Lipinski definition) is 2. The Morgan fingerprint density at radius 1 is 1.43 bits per heavy atom. The molecule has 1 spiro atoms. The standard InChI is InChI=1S/C15H18O6/c1-5(2)6-7-12(17)20-8(6)9(16)13(3)14(4-19-14)10-11(21-10)15(7,13)18/h6-11,16,18H,1,4H2,2-3H3/t6-,7-,8-,9+,10-,11+,13-,14+,15-/m1/s1. The molecule has 5 aliphatic rings. The summed E-state index contributed by atoms with van der Waals surface area (Å²) < 4.78 is 16.7. The van der Waals surface area contributed by atoms with Gasteiger partial charge < -0.3 is 24.4 Å². The van der Waals surface area contributed by atoms with E-state index >= 15 is 0 Å². The van der Waals surface area contributed by atoms with Crippen molar-refractivity contribution in [3.63, 3.8) is 0 Å². The molecule has 2 aliphatic carbocycles. The number of rotatable bonds is 1. The third kappa shape index (κ3) is 0.958. The van der Waals surface area contributed by atoms with Crippen molar-refractivity contribution < 1.29 is 29.2 Å². The first-order chi connectivity index (χ1) is 9.80. The third-order valence-electron chi connectivity index (χ3n) is 6.72. The van der Waals surface area contributed by atoms with Crippen molar-refractivity contribution in [3.8, 4) is 0 Å². The summed E-state index contributed by atoms with van der Waals surface area (Å²) in [5.74, 6) is -1.60. The first kappa shape index (κ1) is 12.6. The highest BCUT2D eigenvalue weighted by Crippen LogP contribution is 2.75. The van der Waals surface area contributed by atoms with Gasteiger partial charge in [0.2, 0.25) is 0 Å². The number of ether oxygens (including phenoxy) is 3. The molecular formula is C15H18O6. The Morgan fingerprint density at radius 2 is 2.10 bits per heavy atom. The molecule has 5 fully saturated rings.